The molecule has 0 aromatic carbocycles. The summed E-state index contributed by atoms with van der Waals surface area (Å²) in [6.45, 7) is 1.71. The van der Waals surface area contributed by atoms with Crippen molar-refractivity contribution in [2.75, 3.05) is 13.1 Å². The largest absolute Gasteiger partial charge is 0.337 e. The smallest absolute Gasteiger partial charge is 0.274 e. The molecule has 1 amide bonds. The van der Waals surface area contributed by atoms with Crippen molar-refractivity contribution in [1.82, 2.24) is 14.3 Å². The van der Waals surface area contributed by atoms with Gasteiger partial charge in [-0.3, -0.25) is 9.20 Å². The molecule has 3 heterocycles. The molecule has 0 radical (unpaired) electrons. The molecule has 1 fully saturated rings. The highest BCUT2D eigenvalue weighted by Crippen LogP contribution is 2.17. The normalized spacial score (nSPS) is 16.2. The first-order chi connectivity index (χ1) is 8.75. The molecule has 1 aliphatic heterocycles. The number of halogens is 1. The average Bonchev–Trinajstić information content (AvgIpc) is 2.84. The minimum atomic E-state index is 0.0466. The van der Waals surface area contributed by atoms with Gasteiger partial charge in [0.25, 0.3) is 5.91 Å². The first-order valence-corrected chi connectivity index (χ1v) is 6.98. The lowest BCUT2D eigenvalue weighted by Crippen LogP contribution is -2.35. The van der Waals surface area contributed by atoms with Gasteiger partial charge in [0.15, 0.2) is 0 Å². The number of imidazole rings is 1. The van der Waals surface area contributed by atoms with E-state index in [4.69, 9.17) is 0 Å². The van der Waals surface area contributed by atoms with Crippen LogP contribution < -0.4 is 0 Å². The number of pyridine rings is 1. The SMILES string of the molecule is O=C(c1cn2c(Br)cccc2n1)N1CCCCC1. The molecular weight excluding hydrogens is 294 g/mol. The number of piperidine rings is 1. The summed E-state index contributed by atoms with van der Waals surface area (Å²) in [7, 11) is 0. The number of likely N-dealkylation sites (tertiary alicyclic amines) is 1. The summed E-state index contributed by atoms with van der Waals surface area (Å²) < 4.78 is 2.79. The molecule has 0 aliphatic carbocycles. The standard InChI is InChI=1S/C13H14BrN3O/c14-11-5-4-6-12-15-10(9-17(11)12)13(18)16-7-2-1-3-8-16/h4-6,9H,1-3,7-8H2. The van der Waals surface area contributed by atoms with E-state index in [1.807, 2.05) is 27.5 Å². The zero-order chi connectivity index (χ0) is 12.5. The van der Waals surface area contributed by atoms with Crippen LogP contribution in [-0.4, -0.2) is 33.3 Å². The quantitative estimate of drug-likeness (QED) is 0.760. The van der Waals surface area contributed by atoms with Crippen LogP contribution in [0.3, 0.4) is 0 Å². The predicted molar refractivity (Wildman–Crippen MR) is 72.6 cm³/mol. The predicted octanol–water partition coefficient (Wildman–Crippen LogP) is 2.72. The van der Waals surface area contributed by atoms with Crippen LogP contribution in [0.4, 0.5) is 0 Å². The Balaban J connectivity index is 1.94. The molecule has 0 atom stereocenters. The number of rotatable bonds is 1. The van der Waals surface area contributed by atoms with E-state index in [1.54, 1.807) is 6.20 Å². The van der Waals surface area contributed by atoms with Gasteiger partial charge in [0.1, 0.15) is 11.3 Å². The van der Waals surface area contributed by atoms with Crippen LogP contribution in [0, 0.1) is 0 Å². The van der Waals surface area contributed by atoms with Crippen molar-refractivity contribution in [1.29, 1.82) is 0 Å². The molecule has 0 unspecified atom stereocenters. The van der Waals surface area contributed by atoms with Crippen molar-refractivity contribution >= 4 is 27.5 Å². The molecule has 94 valence electrons. The fourth-order valence-electron chi connectivity index (χ4n) is 2.34. The maximum absolute atomic E-state index is 12.3. The van der Waals surface area contributed by atoms with E-state index in [-0.39, 0.29) is 5.91 Å². The van der Waals surface area contributed by atoms with Crippen LogP contribution in [0.5, 0.6) is 0 Å². The third-order valence-corrected chi connectivity index (χ3v) is 3.95. The van der Waals surface area contributed by atoms with Gasteiger partial charge in [-0.05, 0) is 47.3 Å². The van der Waals surface area contributed by atoms with Gasteiger partial charge in [-0.15, -0.1) is 0 Å². The molecule has 0 spiro atoms. The fraction of sp³-hybridized carbons (Fsp3) is 0.385. The Bertz CT molecular complexity index is 587. The van der Waals surface area contributed by atoms with Gasteiger partial charge in [-0.2, -0.15) is 0 Å². The third-order valence-electron chi connectivity index (χ3n) is 3.30. The minimum Gasteiger partial charge on any atom is -0.337 e. The topological polar surface area (TPSA) is 37.6 Å². The average molecular weight is 308 g/mol. The lowest BCUT2D eigenvalue weighted by molar-refractivity contribution is 0.0719. The molecule has 3 rings (SSSR count). The lowest BCUT2D eigenvalue weighted by atomic mass is 10.1. The number of hydrogen-bond donors (Lipinski definition) is 0. The highest BCUT2D eigenvalue weighted by Gasteiger charge is 2.20. The highest BCUT2D eigenvalue weighted by atomic mass is 79.9. The maximum Gasteiger partial charge on any atom is 0.274 e. The number of amides is 1. The summed E-state index contributed by atoms with van der Waals surface area (Å²) in [4.78, 5) is 18.6. The van der Waals surface area contributed by atoms with E-state index in [1.165, 1.54) is 6.42 Å². The molecule has 2 aromatic heterocycles. The van der Waals surface area contributed by atoms with Gasteiger partial charge >= 0.3 is 0 Å². The number of nitrogens with zero attached hydrogens (tertiary/aromatic N) is 3. The molecule has 5 heteroatoms. The van der Waals surface area contributed by atoms with Crippen LogP contribution in [0.25, 0.3) is 5.65 Å². The Morgan fingerprint density at radius 1 is 1.22 bits per heavy atom. The lowest BCUT2D eigenvalue weighted by Gasteiger charge is -2.25. The molecular formula is C13H14BrN3O. The van der Waals surface area contributed by atoms with E-state index >= 15 is 0 Å². The summed E-state index contributed by atoms with van der Waals surface area (Å²) >= 11 is 3.45. The second-order valence-corrected chi connectivity index (χ2v) is 5.37. The van der Waals surface area contributed by atoms with Crippen molar-refractivity contribution in [2.24, 2.45) is 0 Å². The number of aromatic nitrogens is 2. The van der Waals surface area contributed by atoms with Gasteiger partial charge in [-0.1, -0.05) is 6.07 Å². The van der Waals surface area contributed by atoms with Crippen molar-refractivity contribution in [3.63, 3.8) is 0 Å². The first kappa shape index (κ1) is 11.7. The molecule has 0 bridgehead atoms. The molecule has 18 heavy (non-hydrogen) atoms. The zero-order valence-electron chi connectivity index (χ0n) is 9.97. The molecule has 0 N–H and O–H groups in total. The maximum atomic E-state index is 12.3. The van der Waals surface area contributed by atoms with Crippen LogP contribution >= 0.6 is 15.9 Å². The second kappa shape index (κ2) is 4.72. The highest BCUT2D eigenvalue weighted by molar-refractivity contribution is 9.10. The summed E-state index contributed by atoms with van der Waals surface area (Å²) in [5.74, 6) is 0.0466. The van der Waals surface area contributed by atoms with Crippen molar-refractivity contribution in [3.05, 3.63) is 34.7 Å². The van der Waals surface area contributed by atoms with E-state index < -0.39 is 0 Å². The number of hydrogen-bond acceptors (Lipinski definition) is 2. The number of carbonyl (C=O) groups is 1. The Hall–Kier alpha value is -1.36. The summed E-state index contributed by atoms with van der Waals surface area (Å²) in [6.07, 6.45) is 5.22. The molecule has 1 saturated heterocycles. The molecule has 2 aromatic rings. The third kappa shape index (κ3) is 2.03. The van der Waals surface area contributed by atoms with E-state index in [2.05, 4.69) is 20.9 Å². The van der Waals surface area contributed by atoms with Gasteiger partial charge < -0.3 is 4.90 Å². The van der Waals surface area contributed by atoms with E-state index in [0.29, 0.717) is 5.69 Å². The Morgan fingerprint density at radius 2 is 2.00 bits per heavy atom. The summed E-state index contributed by atoms with van der Waals surface area (Å²) in [6, 6.07) is 5.75. The van der Waals surface area contributed by atoms with Gasteiger partial charge in [0.2, 0.25) is 0 Å². The van der Waals surface area contributed by atoms with Gasteiger partial charge in [0.05, 0.1) is 4.60 Å². The van der Waals surface area contributed by atoms with E-state index in [9.17, 15) is 4.79 Å². The Kier molecular flexibility index (Phi) is 3.07. The van der Waals surface area contributed by atoms with Crippen molar-refractivity contribution < 1.29 is 4.79 Å². The second-order valence-electron chi connectivity index (χ2n) is 4.56. The number of carbonyl (C=O) groups excluding carboxylic acids is 1. The zero-order valence-corrected chi connectivity index (χ0v) is 11.6. The van der Waals surface area contributed by atoms with Gasteiger partial charge in [-0.25, -0.2) is 4.98 Å². The summed E-state index contributed by atoms with van der Waals surface area (Å²) in [5, 5.41) is 0. The monoisotopic (exact) mass is 307 g/mol. The molecule has 4 nitrogen and oxygen atoms in total. The van der Waals surface area contributed by atoms with E-state index in [0.717, 1.165) is 36.2 Å². The van der Waals surface area contributed by atoms with Crippen molar-refractivity contribution in [3.8, 4) is 0 Å². The van der Waals surface area contributed by atoms with Gasteiger partial charge in [0, 0.05) is 19.3 Å². The fourth-order valence-corrected chi connectivity index (χ4v) is 2.78. The first-order valence-electron chi connectivity index (χ1n) is 6.18. The van der Waals surface area contributed by atoms with Crippen molar-refractivity contribution in [2.45, 2.75) is 19.3 Å². The number of fused-ring (bicyclic) bond motifs is 1. The van der Waals surface area contributed by atoms with Crippen LogP contribution in [0.2, 0.25) is 0 Å². The van der Waals surface area contributed by atoms with Crippen LogP contribution in [-0.2, 0) is 0 Å². The van der Waals surface area contributed by atoms with Crippen LogP contribution in [0.15, 0.2) is 29.0 Å². The Labute approximate surface area is 114 Å². The minimum absolute atomic E-state index is 0.0466. The molecule has 1 aliphatic rings. The van der Waals surface area contributed by atoms with Crippen LogP contribution in [0.1, 0.15) is 29.8 Å². The Morgan fingerprint density at radius 3 is 2.72 bits per heavy atom. The summed E-state index contributed by atoms with van der Waals surface area (Å²) in [5.41, 5.74) is 1.33. The molecule has 0 saturated carbocycles.